The van der Waals surface area contributed by atoms with E-state index in [1.54, 1.807) is 0 Å². The van der Waals surface area contributed by atoms with Gasteiger partial charge in [0.1, 0.15) is 5.78 Å². The lowest BCUT2D eigenvalue weighted by atomic mass is 9.86. The third-order valence-electron chi connectivity index (χ3n) is 2.99. The molecule has 1 heteroatoms. The number of carbonyl (C=O) groups excluding carboxylic acids is 1. The molecular formula is C11H14O. The van der Waals surface area contributed by atoms with Crippen molar-refractivity contribution in [2.45, 2.75) is 26.7 Å². The van der Waals surface area contributed by atoms with E-state index in [4.69, 9.17) is 0 Å². The Hall–Kier alpha value is -0.850. The van der Waals surface area contributed by atoms with Crippen LogP contribution in [0.4, 0.5) is 0 Å². The summed E-state index contributed by atoms with van der Waals surface area (Å²) in [5.41, 5.74) is 2.77. The number of carbonyl (C=O) groups is 1. The first-order valence-electron chi connectivity index (χ1n) is 4.55. The molecule has 0 radical (unpaired) electrons. The van der Waals surface area contributed by atoms with Gasteiger partial charge in [-0.3, -0.25) is 4.79 Å². The summed E-state index contributed by atoms with van der Waals surface area (Å²) >= 11 is 0. The van der Waals surface area contributed by atoms with Gasteiger partial charge in [0.25, 0.3) is 0 Å². The summed E-state index contributed by atoms with van der Waals surface area (Å²) in [6.45, 7) is 4.28. The van der Waals surface area contributed by atoms with Crippen LogP contribution in [0, 0.1) is 11.8 Å². The Morgan fingerprint density at radius 3 is 1.92 bits per heavy atom. The smallest absolute Gasteiger partial charge is 0.134 e. The number of hydrogen-bond acceptors (Lipinski definition) is 1. The van der Waals surface area contributed by atoms with Crippen molar-refractivity contribution in [1.29, 1.82) is 0 Å². The third kappa shape index (κ3) is 1.13. The molecule has 0 aromatic carbocycles. The Labute approximate surface area is 73.2 Å². The van der Waals surface area contributed by atoms with E-state index in [0.29, 0.717) is 17.6 Å². The fourth-order valence-corrected chi connectivity index (χ4v) is 2.16. The molecule has 0 heterocycles. The van der Waals surface area contributed by atoms with Crippen molar-refractivity contribution in [3.63, 3.8) is 0 Å². The van der Waals surface area contributed by atoms with Crippen molar-refractivity contribution >= 4 is 5.78 Å². The highest BCUT2D eigenvalue weighted by molar-refractivity contribution is 5.81. The number of allylic oxidation sites excluding steroid dienone is 4. The molecule has 0 amide bonds. The molecule has 2 bridgehead atoms. The lowest BCUT2D eigenvalue weighted by Gasteiger charge is -2.18. The standard InChI is InChI=1S/C11H14O/c1-7-3-10-6-11(12)5-9(7)4-8(10)2/h3-4,9-10H,5-6H2,1-2H3. The lowest BCUT2D eigenvalue weighted by Crippen LogP contribution is -2.05. The minimum absolute atomic E-state index is 0.413. The summed E-state index contributed by atoms with van der Waals surface area (Å²) in [5.74, 6) is 1.25. The van der Waals surface area contributed by atoms with Gasteiger partial charge < -0.3 is 0 Å². The summed E-state index contributed by atoms with van der Waals surface area (Å²) in [6, 6.07) is 0. The summed E-state index contributed by atoms with van der Waals surface area (Å²) in [4.78, 5) is 11.4. The van der Waals surface area contributed by atoms with Crippen LogP contribution in [0.5, 0.6) is 0 Å². The normalized spacial score (nSPS) is 34.3. The molecule has 0 aliphatic heterocycles. The zero-order valence-electron chi connectivity index (χ0n) is 7.63. The van der Waals surface area contributed by atoms with Gasteiger partial charge in [-0.1, -0.05) is 23.3 Å². The maximum absolute atomic E-state index is 11.4. The van der Waals surface area contributed by atoms with Gasteiger partial charge in [0.2, 0.25) is 0 Å². The summed E-state index contributed by atoms with van der Waals surface area (Å²) in [6.07, 6.45) is 6.00. The number of hydrogen-bond donors (Lipinski definition) is 0. The molecule has 0 aromatic heterocycles. The van der Waals surface area contributed by atoms with E-state index in [9.17, 15) is 4.79 Å². The number of rotatable bonds is 0. The Bertz CT molecular complexity index is 255. The van der Waals surface area contributed by atoms with Crippen molar-refractivity contribution in [2.75, 3.05) is 0 Å². The quantitative estimate of drug-likeness (QED) is 0.500. The second kappa shape index (κ2) is 2.58. The Balaban J connectivity index is 2.37. The van der Waals surface area contributed by atoms with Gasteiger partial charge in [0, 0.05) is 24.7 Å². The molecule has 2 unspecified atom stereocenters. The minimum Gasteiger partial charge on any atom is -0.300 e. The molecule has 0 aromatic rings. The molecule has 3 aliphatic rings. The summed E-state index contributed by atoms with van der Waals surface area (Å²) in [7, 11) is 0. The predicted molar refractivity (Wildman–Crippen MR) is 48.7 cm³/mol. The predicted octanol–water partition coefficient (Wildman–Crippen LogP) is 2.49. The Morgan fingerprint density at radius 1 is 1.08 bits per heavy atom. The Morgan fingerprint density at radius 2 is 1.50 bits per heavy atom. The molecule has 0 saturated carbocycles. The summed E-state index contributed by atoms with van der Waals surface area (Å²) in [5, 5.41) is 0. The highest BCUT2D eigenvalue weighted by Crippen LogP contribution is 2.35. The van der Waals surface area contributed by atoms with E-state index in [1.165, 1.54) is 11.1 Å². The van der Waals surface area contributed by atoms with E-state index in [1.807, 2.05) is 0 Å². The molecular weight excluding hydrogens is 148 g/mol. The van der Waals surface area contributed by atoms with E-state index < -0.39 is 0 Å². The number of Topliss-reactive ketones (excluding diaryl/α,β-unsaturated/α-hetero) is 1. The van der Waals surface area contributed by atoms with Gasteiger partial charge in [-0.25, -0.2) is 0 Å². The zero-order chi connectivity index (χ0) is 8.72. The maximum Gasteiger partial charge on any atom is 0.134 e. The number of fused-ring (bicyclic) bond motifs is 2. The van der Waals surface area contributed by atoms with Gasteiger partial charge in [0.05, 0.1) is 0 Å². The molecule has 0 spiro atoms. The van der Waals surface area contributed by atoms with E-state index in [2.05, 4.69) is 26.0 Å². The highest BCUT2D eigenvalue weighted by Gasteiger charge is 2.27. The van der Waals surface area contributed by atoms with E-state index in [-0.39, 0.29) is 0 Å². The minimum atomic E-state index is 0.413. The van der Waals surface area contributed by atoms with Crippen LogP contribution in [0.25, 0.3) is 0 Å². The van der Waals surface area contributed by atoms with Crippen molar-refractivity contribution in [1.82, 2.24) is 0 Å². The first-order chi connectivity index (χ1) is 5.66. The fraction of sp³-hybridized carbons (Fsp3) is 0.545. The van der Waals surface area contributed by atoms with Crippen molar-refractivity contribution in [3.05, 3.63) is 23.3 Å². The van der Waals surface area contributed by atoms with Crippen molar-refractivity contribution in [2.24, 2.45) is 11.8 Å². The SMILES string of the molecule is CC1=CC2CC(=O)CC1C=C2C. The first-order valence-corrected chi connectivity index (χ1v) is 4.55. The van der Waals surface area contributed by atoms with Crippen LogP contribution < -0.4 is 0 Å². The van der Waals surface area contributed by atoms with Gasteiger partial charge in [-0.05, 0) is 13.8 Å². The molecule has 0 saturated heterocycles. The van der Waals surface area contributed by atoms with Crippen LogP contribution in [0.3, 0.4) is 0 Å². The fourth-order valence-electron chi connectivity index (χ4n) is 2.16. The van der Waals surface area contributed by atoms with Crippen molar-refractivity contribution < 1.29 is 4.79 Å². The summed E-state index contributed by atoms with van der Waals surface area (Å²) < 4.78 is 0. The average Bonchev–Trinajstić information content (AvgIpc) is 2.17. The molecule has 2 atom stereocenters. The van der Waals surface area contributed by atoms with Crippen LogP contribution in [-0.4, -0.2) is 5.78 Å². The van der Waals surface area contributed by atoms with Crippen LogP contribution in [0.1, 0.15) is 26.7 Å². The first kappa shape index (κ1) is 7.78. The second-order valence-electron chi connectivity index (χ2n) is 3.98. The van der Waals surface area contributed by atoms with Gasteiger partial charge >= 0.3 is 0 Å². The number of ketones is 1. The topological polar surface area (TPSA) is 17.1 Å². The highest BCUT2D eigenvalue weighted by atomic mass is 16.1. The van der Waals surface area contributed by atoms with E-state index >= 15 is 0 Å². The zero-order valence-corrected chi connectivity index (χ0v) is 7.63. The van der Waals surface area contributed by atoms with Gasteiger partial charge in [-0.15, -0.1) is 0 Å². The molecule has 64 valence electrons. The third-order valence-corrected chi connectivity index (χ3v) is 2.99. The molecule has 12 heavy (non-hydrogen) atoms. The van der Waals surface area contributed by atoms with Crippen LogP contribution in [0.2, 0.25) is 0 Å². The van der Waals surface area contributed by atoms with E-state index in [0.717, 1.165) is 12.8 Å². The molecule has 0 N–H and O–H groups in total. The Kier molecular flexibility index (Phi) is 1.67. The average molecular weight is 162 g/mol. The molecule has 3 rings (SSSR count). The molecule has 1 nitrogen and oxygen atoms in total. The molecule has 0 fully saturated rings. The van der Waals surface area contributed by atoms with Crippen LogP contribution >= 0.6 is 0 Å². The van der Waals surface area contributed by atoms with Crippen LogP contribution in [-0.2, 0) is 4.79 Å². The van der Waals surface area contributed by atoms with Gasteiger partial charge in [0.15, 0.2) is 0 Å². The van der Waals surface area contributed by atoms with Crippen LogP contribution in [0.15, 0.2) is 23.3 Å². The largest absolute Gasteiger partial charge is 0.300 e. The van der Waals surface area contributed by atoms with Gasteiger partial charge in [-0.2, -0.15) is 0 Å². The second-order valence-corrected chi connectivity index (χ2v) is 3.98. The molecule has 3 aliphatic carbocycles. The monoisotopic (exact) mass is 162 g/mol. The van der Waals surface area contributed by atoms with Crippen molar-refractivity contribution in [3.8, 4) is 0 Å². The maximum atomic E-state index is 11.4. The lowest BCUT2D eigenvalue weighted by molar-refractivity contribution is -0.119.